The number of anilines is 1. The summed E-state index contributed by atoms with van der Waals surface area (Å²) in [7, 11) is 1.46. The van der Waals surface area contributed by atoms with E-state index in [4.69, 9.17) is 9.47 Å². The van der Waals surface area contributed by atoms with E-state index in [1.165, 1.54) is 13.2 Å². The summed E-state index contributed by atoms with van der Waals surface area (Å²) in [5.41, 5.74) is 3.19. The SMILES string of the molecule is COc1cc(/C=C(\C#N)C(=O)NCc2ccccc2)cc(Br)c1OCC(=O)Nc1ccc(C)cc1. The van der Waals surface area contributed by atoms with Crippen LogP contribution in [0.25, 0.3) is 6.08 Å². The van der Waals surface area contributed by atoms with Crippen molar-refractivity contribution in [2.24, 2.45) is 0 Å². The fourth-order valence-corrected chi connectivity index (χ4v) is 3.70. The van der Waals surface area contributed by atoms with Gasteiger partial charge in [0.05, 0.1) is 11.6 Å². The van der Waals surface area contributed by atoms with Gasteiger partial charge in [0.15, 0.2) is 18.1 Å². The van der Waals surface area contributed by atoms with Crippen molar-refractivity contribution in [3.05, 3.63) is 93.5 Å². The molecule has 0 radical (unpaired) electrons. The van der Waals surface area contributed by atoms with Crippen LogP contribution in [0.2, 0.25) is 0 Å². The summed E-state index contributed by atoms with van der Waals surface area (Å²) >= 11 is 3.42. The van der Waals surface area contributed by atoms with E-state index in [0.29, 0.717) is 33.8 Å². The lowest BCUT2D eigenvalue weighted by Gasteiger charge is -2.14. The van der Waals surface area contributed by atoms with E-state index >= 15 is 0 Å². The van der Waals surface area contributed by atoms with E-state index < -0.39 is 5.91 Å². The highest BCUT2D eigenvalue weighted by molar-refractivity contribution is 9.10. The zero-order valence-electron chi connectivity index (χ0n) is 19.3. The van der Waals surface area contributed by atoms with Crippen molar-refractivity contribution < 1.29 is 19.1 Å². The van der Waals surface area contributed by atoms with Gasteiger partial charge in [-0.2, -0.15) is 5.26 Å². The summed E-state index contributed by atoms with van der Waals surface area (Å²) in [6, 6.07) is 22.1. The van der Waals surface area contributed by atoms with Gasteiger partial charge in [0, 0.05) is 12.2 Å². The van der Waals surface area contributed by atoms with Gasteiger partial charge in [-0.15, -0.1) is 0 Å². The number of benzene rings is 3. The van der Waals surface area contributed by atoms with Crippen molar-refractivity contribution in [2.75, 3.05) is 19.0 Å². The number of methoxy groups -OCH3 is 1. The van der Waals surface area contributed by atoms with Crippen LogP contribution in [-0.4, -0.2) is 25.5 Å². The van der Waals surface area contributed by atoms with Gasteiger partial charge in [-0.25, -0.2) is 0 Å². The van der Waals surface area contributed by atoms with Crippen LogP contribution in [0.5, 0.6) is 11.5 Å². The molecule has 0 atom stereocenters. The van der Waals surface area contributed by atoms with Gasteiger partial charge in [-0.1, -0.05) is 48.0 Å². The molecular formula is C27H24BrN3O4. The van der Waals surface area contributed by atoms with E-state index in [9.17, 15) is 14.9 Å². The van der Waals surface area contributed by atoms with Gasteiger partial charge < -0.3 is 20.1 Å². The van der Waals surface area contributed by atoms with Gasteiger partial charge in [0.2, 0.25) is 0 Å². The Hall–Kier alpha value is -4.09. The van der Waals surface area contributed by atoms with Crippen LogP contribution in [0, 0.1) is 18.3 Å². The number of amides is 2. The fraction of sp³-hybridized carbons (Fsp3) is 0.148. The number of nitrogens with one attached hydrogen (secondary N) is 2. The molecule has 0 unspecified atom stereocenters. The second kappa shape index (κ2) is 12.4. The van der Waals surface area contributed by atoms with E-state index in [1.807, 2.05) is 67.6 Å². The topological polar surface area (TPSA) is 100 Å². The van der Waals surface area contributed by atoms with Crippen LogP contribution in [0.1, 0.15) is 16.7 Å². The quantitative estimate of drug-likeness (QED) is 0.297. The van der Waals surface area contributed by atoms with Gasteiger partial charge in [0.1, 0.15) is 11.6 Å². The highest BCUT2D eigenvalue weighted by atomic mass is 79.9. The number of hydrogen-bond donors (Lipinski definition) is 2. The first kappa shape index (κ1) is 25.5. The standard InChI is InChI=1S/C27H24BrN3O4/c1-18-8-10-22(11-9-18)31-25(32)17-35-26-23(28)13-20(14-24(26)34-2)12-21(15-29)27(33)30-16-19-6-4-3-5-7-19/h3-14H,16-17H2,1-2H3,(H,30,33)(H,31,32)/b21-12+. The summed E-state index contributed by atoms with van der Waals surface area (Å²) in [6.07, 6.45) is 1.46. The lowest BCUT2D eigenvalue weighted by Crippen LogP contribution is -2.23. The Balaban J connectivity index is 1.68. The monoisotopic (exact) mass is 533 g/mol. The molecule has 2 amide bonds. The summed E-state index contributed by atoms with van der Waals surface area (Å²) in [5.74, 6) is -0.139. The van der Waals surface area contributed by atoms with Crippen LogP contribution >= 0.6 is 15.9 Å². The van der Waals surface area contributed by atoms with Crippen molar-refractivity contribution in [1.29, 1.82) is 5.26 Å². The summed E-state index contributed by atoms with van der Waals surface area (Å²) in [6.45, 7) is 2.04. The van der Waals surface area contributed by atoms with E-state index in [2.05, 4.69) is 26.6 Å². The molecule has 35 heavy (non-hydrogen) atoms. The Morgan fingerprint density at radius 1 is 1.09 bits per heavy atom. The number of ether oxygens (including phenoxy) is 2. The second-order valence-corrected chi connectivity index (χ2v) is 8.43. The van der Waals surface area contributed by atoms with Crippen LogP contribution in [0.3, 0.4) is 0 Å². The molecule has 0 aliphatic heterocycles. The van der Waals surface area contributed by atoms with Crippen LogP contribution in [0.4, 0.5) is 5.69 Å². The Labute approximate surface area is 212 Å². The first-order chi connectivity index (χ1) is 16.9. The summed E-state index contributed by atoms with van der Waals surface area (Å²) < 4.78 is 11.6. The zero-order valence-corrected chi connectivity index (χ0v) is 20.9. The van der Waals surface area contributed by atoms with Gasteiger partial charge in [-0.05, 0) is 64.3 Å². The maximum absolute atomic E-state index is 12.5. The molecule has 0 aliphatic carbocycles. The summed E-state index contributed by atoms with van der Waals surface area (Å²) in [5, 5.41) is 15.0. The fourth-order valence-electron chi connectivity index (χ4n) is 3.12. The number of halogens is 1. The highest BCUT2D eigenvalue weighted by Crippen LogP contribution is 2.37. The molecule has 0 saturated heterocycles. The largest absolute Gasteiger partial charge is 0.493 e. The number of rotatable bonds is 9. The molecule has 8 heteroatoms. The third-order valence-corrected chi connectivity index (χ3v) is 5.50. The van der Waals surface area contributed by atoms with Gasteiger partial charge in [0.25, 0.3) is 11.8 Å². The minimum absolute atomic E-state index is 0.0546. The van der Waals surface area contributed by atoms with Crippen molar-refractivity contribution in [3.8, 4) is 17.6 Å². The van der Waals surface area contributed by atoms with E-state index in [-0.39, 0.29) is 18.1 Å². The maximum Gasteiger partial charge on any atom is 0.262 e. The lowest BCUT2D eigenvalue weighted by molar-refractivity contribution is -0.118. The smallest absolute Gasteiger partial charge is 0.262 e. The van der Waals surface area contributed by atoms with Crippen LogP contribution in [-0.2, 0) is 16.1 Å². The molecule has 0 saturated carbocycles. The predicted octanol–water partition coefficient (Wildman–Crippen LogP) is 5.01. The number of hydrogen-bond acceptors (Lipinski definition) is 5. The highest BCUT2D eigenvalue weighted by Gasteiger charge is 2.15. The summed E-state index contributed by atoms with van der Waals surface area (Å²) in [4.78, 5) is 24.8. The van der Waals surface area contributed by atoms with E-state index in [1.54, 1.807) is 12.1 Å². The Bertz CT molecular complexity index is 1270. The molecule has 178 valence electrons. The zero-order chi connectivity index (χ0) is 25.2. The first-order valence-corrected chi connectivity index (χ1v) is 11.5. The van der Waals surface area contributed by atoms with Crippen LogP contribution < -0.4 is 20.1 Å². The molecular weight excluding hydrogens is 510 g/mol. The molecule has 3 aromatic rings. The second-order valence-electron chi connectivity index (χ2n) is 7.58. The van der Waals surface area contributed by atoms with Crippen molar-refractivity contribution >= 4 is 39.5 Å². The molecule has 0 aromatic heterocycles. The molecule has 2 N–H and O–H groups in total. The number of nitrogens with zero attached hydrogens (tertiary/aromatic N) is 1. The number of carbonyl (C=O) groups excluding carboxylic acids is 2. The number of carbonyl (C=O) groups is 2. The van der Waals surface area contributed by atoms with Crippen LogP contribution in [0.15, 0.2) is 76.8 Å². The van der Waals surface area contributed by atoms with E-state index in [0.717, 1.165) is 11.1 Å². The number of aryl methyl sites for hydroxylation is 1. The van der Waals surface area contributed by atoms with Gasteiger partial charge >= 0.3 is 0 Å². The molecule has 3 aromatic carbocycles. The maximum atomic E-state index is 12.5. The Kier molecular flexibility index (Phi) is 9.04. The van der Waals surface area contributed by atoms with Crippen molar-refractivity contribution in [3.63, 3.8) is 0 Å². The average Bonchev–Trinajstić information content (AvgIpc) is 2.86. The molecule has 0 fully saturated rings. The molecule has 0 aliphatic rings. The van der Waals surface area contributed by atoms with Crippen molar-refractivity contribution in [1.82, 2.24) is 5.32 Å². The third kappa shape index (κ3) is 7.45. The molecule has 0 bridgehead atoms. The molecule has 7 nitrogen and oxygen atoms in total. The Morgan fingerprint density at radius 3 is 2.46 bits per heavy atom. The Morgan fingerprint density at radius 2 is 1.80 bits per heavy atom. The third-order valence-electron chi connectivity index (χ3n) is 4.91. The minimum atomic E-state index is -0.487. The molecule has 0 spiro atoms. The first-order valence-electron chi connectivity index (χ1n) is 10.7. The average molecular weight is 534 g/mol. The molecule has 3 rings (SSSR count). The normalized spacial score (nSPS) is 10.7. The minimum Gasteiger partial charge on any atom is -0.493 e. The lowest BCUT2D eigenvalue weighted by atomic mass is 10.1. The molecule has 0 heterocycles. The van der Waals surface area contributed by atoms with Crippen molar-refractivity contribution in [2.45, 2.75) is 13.5 Å². The predicted molar refractivity (Wildman–Crippen MR) is 138 cm³/mol. The number of nitriles is 1. The van der Waals surface area contributed by atoms with Gasteiger partial charge in [-0.3, -0.25) is 9.59 Å².